The van der Waals surface area contributed by atoms with Gasteiger partial charge >= 0.3 is 6.09 Å². The van der Waals surface area contributed by atoms with Crippen LogP contribution in [0.15, 0.2) is 0 Å². The first-order valence-electron chi connectivity index (χ1n) is 4.87. The molecular formula is C10H21NO3. The van der Waals surface area contributed by atoms with Crippen molar-refractivity contribution in [1.29, 1.82) is 0 Å². The number of alkyl carbamates (subject to hydrolysis) is 1. The van der Waals surface area contributed by atoms with Crippen LogP contribution in [0.25, 0.3) is 0 Å². The molecule has 0 fully saturated rings. The number of methoxy groups -OCH3 is 1. The molecule has 0 heterocycles. The van der Waals surface area contributed by atoms with E-state index in [-0.39, 0.29) is 12.1 Å². The minimum Gasteiger partial charge on any atom is -0.444 e. The van der Waals surface area contributed by atoms with Crippen LogP contribution in [0.3, 0.4) is 0 Å². The first-order chi connectivity index (χ1) is 6.39. The van der Waals surface area contributed by atoms with Gasteiger partial charge in [-0.05, 0) is 27.2 Å². The highest BCUT2D eigenvalue weighted by atomic mass is 16.6. The van der Waals surface area contributed by atoms with Gasteiger partial charge in [-0.2, -0.15) is 0 Å². The van der Waals surface area contributed by atoms with E-state index in [1.807, 2.05) is 27.7 Å². The maximum atomic E-state index is 11.3. The molecule has 0 saturated heterocycles. The van der Waals surface area contributed by atoms with Crippen LogP contribution < -0.4 is 5.32 Å². The zero-order valence-corrected chi connectivity index (χ0v) is 9.72. The predicted molar refractivity (Wildman–Crippen MR) is 55.3 cm³/mol. The van der Waals surface area contributed by atoms with Crippen molar-refractivity contribution in [3.8, 4) is 0 Å². The van der Waals surface area contributed by atoms with E-state index in [2.05, 4.69) is 5.32 Å². The third-order valence-corrected chi connectivity index (χ3v) is 1.58. The molecule has 0 aliphatic carbocycles. The van der Waals surface area contributed by atoms with Gasteiger partial charge in [-0.3, -0.25) is 0 Å². The molecule has 0 spiro atoms. The Morgan fingerprint density at radius 2 is 2.00 bits per heavy atom. The molecule has 0 aromatic rings. The first-order valence-corrected chi connectivity index (χ1v) is 4.87. The van der Waals surface area contributed by atoms with E-state index >= 15 is 0 Å². The molecule has 0 bridgehead atoms. The molecule has 4 nitrogen and oxygen atoms in total. The molecule has 4 heteroatoms. The highest BCUT2D eigenvalue weighted by Gasteiger charge is 2.18. The number of nitrogens with one attached hydrogen (secondary N) is 1. The van der Waals surface area contributed by atoms with E-state index < -0.39 is 5.60 Å². The number of rotatable bonds is 4. The number of carbonyl (C=O) groups is 1. The predicted octanol–water partition coefficient (Wildman–Crippen LogP) is 1.94. The van der Waals surface area contributed by atoms with E-state index in [0.717, 1.165) is 6.42 Å². The average molecular weight is 203 g/mol. The van der Waals surface area contributed by atoms with Crippen LogP contribution >= 0.6 is 0 Å². The summed E-state index contributed by atoms with van der Waals surface area (Å²) >= 11 is 0. The van der Waals surface area contributed by atoms with Crippen molar-refractivity contribution >= 4 is 6.09 Å². The Labute approximate surface area is 86.0 Å². The Hall–Kier alpha value is -0.770. The highest BCUT2D eigenvalue weighted by molar-refractivity contribution is 5.68. The monoisotopic (exact) mass is 203 g/mol. The second kappa shape index (κ2) is 5.86. The lowest BCUT2D eigenvalue weighted by Gasteiger charge is -2.22. The number of carbonyl (C=O) groups excluding carboxylic acids is 1. The maximum absolute atomic E-state index is 11.3. The number of amides is 1. The van der Waals surface area contributed by atoms with Gasteiger partial charge in [0.1, 0.15) is 5.60 Å². The zero-order valence-electron chi connectivity index (χ0n) is 9.72. The molecule has 0 radical (unpaired) electrons. The van der Waals surface area contributed by atoms with Crippen molar-refractivity contribution in [3.63, 3.8) is 0 Å². The summed E-state index contributed by atoms with van der Waals surface area (Å²) in [6.45, 7) is 8.01. The summed E-state index contributed by atoms with van der Waals surface area (Å²) in [5.74, 6) is 0. The van der Waals surface area contributed by atoms with Crippen molar-refractivity contribution in [2.75, 3.05) is 13.7 Å². The molecule has 1 atom stereocenters. The SMILES string of the molecule is CC[C@@H](COC)NC(=O)OC(C)(C)C. The minimum absolute atomic E-state index is 0.0230. The maximum Gasteiger partial charge on any atom is 0.407 e. The Kier molecular flexibility index (Phi) is 5.53. The van der Waals surface area contributed by atoms with Crippen LogP contribution in [-0.4, -0.2) is 31.5 Å². The molecule has 0 rings (SSSR count). The van der Waals surface area contributed by atoms with Crippen molar-refractivity contribution < 1.29 is 14.3 Å². The fourth-order valence-corrected chi connectivity index (χ4v) is 0.937. The standard InChI is InChI=1S/C10H21NO3/c1-6-8(7-13-5)11-9(12)14-10(2,3)4/h8H,6-7H2,1-5H3,(H,11,12)/t8-/m0/s1. The van der Waals surface area contributed by atoms with Gasteiger partial charge in [-0.15, -0.1) is 0 Å². The van der Waals surface area contributed by atoms with E-state index in [0.29, 0.717) is 6.61 Å². The average Bonchev–Trinajstić information content (AvgIpc) is 2.00. The molecule has 14 heavy (non-hydrogen) atoms. The van der Waals surface area contributed by atoms with E-state index in [4.69, 9.17) is 9.47 Å². The quantitative estimate of drug-likeness (QED) is 0.759. The second-order valence-electron chi connectivity index (χ2n) is 4.21. The van der Waals surface area contributed by atoms with E-state index in [1.54, 1.807) is 7.11 Å². The number of hydrogen-bond donors (Lipinski definition) is 1. The number of hydrogen-bond acceptors (Lipinski definition) is 3. The molecule has 0 saturated carbocycles. The smallest absolute Gasteiger partial charge is 0.407 e. The molecule has 0 aromatic heterocycles. The fraction of sp³-hybridized carbons (Fsp3) is 0.900. The minimum atomic E-state index is -0.449. The van der Waals surface area contributed by atoms with Gasteiger partial charge in [0.25, 0.3) is 0 Å². The van der Waals surface area contributed by atoms with Crippen LogP contribution in [0.4, 0.5) is 4.79 Å². The molecule has 0 aromatic carbocycles. The van der Waals surface area contributed by atoms with Gasteiger partial charge in [0.15, 0.2) is 0 Å². The van der Waals surface area contributed by atoms with Gasteiger partial charge in [0.05, 0.1) is 12.6 Å². The van der Waals surface area contributed by atoms with Crippen LogP contribution in [0.2, 0.25) is 0 Å². The van der Waals surface area contributed by atoms with Crippen LogP contribution in [0, 0.1) is 0 Å². The molecular weight excluding hydrogens is 182 g/mol. The summed E-state index contributed by atoms with van der Waals surface area (Å²) in [6, 6.07) is 0.0230. The molecule has 0 unspecified atom stereocenters. The highest BCUT2D eigenvalue weighted by Crippen LogP contribution is 2.07. The third-order valence-electron chi connectivity index (χ3n) is 1.58. The first kappa shape index (κ1) is 13.2. The summed E-state index contributed by atoms with van der Waals surface area (Å²) in [6.07, 6.45) is 0.439. The van der Waals surface area contributed by atoms with Gasteiger partial charge in [0, 0.05) is 7.11 Å². The Morgan fingerprint density at radius 3 is 2.36 bits per heavy atom. The second-order valence-corrected chi connectivity index (χ2v) is 4.21. The van der Waals surface area contributed by atoms with Crippen LogP contribution in [0.5, 0.6) is 0 Å². The lowest BCUT2D eigenvalue weighted by Crippen LogP contribution is -2.40. The molecule has 1 amide bonds. The Balaban J connectivity index is 3.91. The van der Waals surface area contributed by atoms with Crippen LogP contribution in [-0.2, 0) is 9.47 Å². The van der Waals surface area contributed by atoms with Crippen molar-refractivity contribution in [2.24, 2.45) is 0 Å². The largest absolute Gasteiger partial charge is 0.444 e. The van der Waals surface area contributed by atoms with Crippen LogP contribution in [0.1, 0.15) is 34.1 Å². The fourth-order valence-electron chi connectivity index (χ4n) is 0.937. The van der Waals surface area contributed by atoms with Gasteiger partial charge in [-0.1, -0.05) is 6.92 Å². The van der Waals surface area contributed by atoms with E-state index in [1.165, 1.54) is 0 Å². The summed E-state index contributed by atoms with van der Waals surface area (Å²) in [7, 11) is 1.61. The zero-order chi connectivity index (χ0) is 11.2. The Morgan fingerprint density at radius 1 is 1.43 bits per heavy atom. The van der Waals surface area contributed by atoms with E-state index in [9.17, 15) is 4.79 Å². The summed E-state index contributed by atoms with van der Waals surface area (Å²) in [5.41, 5.74) is -0.449. The lowest BCUT2D eigenvalue weighted by molar-refractivity contribution is 0.0467. The van der Waals surface area contributed by atoms with Crippen molar-refractivity contribution in [2.45, 2.75) is 45.8 Å². The van der Waals surface area contributed by atoms with Crippen molar-refractivity contribution in [1.82, 2.24) is 5.32 Å². The summed E-state index contributed by atoms with van der Waals surface area (Å²) in [5, 5.41) is 2.74. The lowest BCUT2D eigenvalue weighted by atomic mass is 10.2. The van der Waals surface area contributed by atoms with Gasteiger partial charge in [-0.25, -0.2) is 4.79 Å². The molecule has 0 aliphatic rings. The van der Waals surface area contributed by atoms with Gasteiger partial charge in [0.2, 0.25) is 0 Å². The van der Waals surface area contributed by atoms with Crippen molar-refractivity contribution in [3.05, 3.63) is 0 Å². The topological polar surface area (TPSA) is 47.6 Å². The molecule has 84 valence electrons. The van der Waals surface area contributed by atoms with Gasteiger partial charge < -0.3 is 14.8 Å². The summed E-state index contributed by atoms with van der Waals surface area (Å²) in [4.78, 5) is 11.3. The number of ether oxygens (including phenoxy) is 2. The summed E-state index contributed by atoms with van der Waals surface area (Å²) < 4.78 is 10.1. The molecule has 1 N–H and O–H groups in total. The Bertz CT molecular complexity index is 175. The molecule has 0 aliphatic heterocycles. The third kappa shape index (κ3) is 6.71. The normalized spacial score (nSPS) is 13.5.